The van der Waals surface area contributed by atoms with Crippen LogP contribution in [0.1, 0.15) is 0 Å². The first-order chi connectivity index (χ1) is 12.7. The Labute approximate surface area is 149 Å². The first-order valence-corrected chi connectivity index (χ1v) is 8.08. The van der Waals surface area contributed by atoms with Crippen LogP contribution in [0.5, 0.6) is 0 Å². The van der Waals surface area contributed by atoms with Gasteiger partial charge in [-0.25, -0.2) is 4.98 Å². The molecule has 0 saturated carbocycles. The molecule has 0 saturated heterocycles. The highest BCUT2D eigenvalue weighted by atomic mass is 16.6. The van der Waals surface area contributed by atoms with E-state index in [4.69, 9.17) is 4.42 Å². The molecule has 0 fully saturated rings. The third-order valence-corrected chi connectivity index (χ3v) is 4.11. The fourth-order valence-electron chi connectivity index (χ4n) is 2.80. The van der Waals surface area contributed by atoms with Crippen molar-refractivity contribution in [1.82, 2.24) is 4.98 Å². The summed E-state index contributed by atoms with van der Waals surface area (Å²) >= 11 is 0. The number of oxazole rings is 1. The van der Waals surface area contributed by atoms with Crippen molar-refractivity contribution >= 4 is 5.69 Å². The lowest BCUT2D eigenvalue weighted by atomic mass is 10.0. The van der Waals surface area contributed by atoms with Crippen molar-refractivity contribution < 1.29 is 9.34 Å². The number of nitro groups is 1. The standard InChI is InChI=1S/C21H14N2O3/c24-23(25)19-9-5-4-8-18(19)21-22-14-20(26-21)17-12-10-16(11-13-17)15-6-2-1-3-7-15/h1-14H. The maximum Gasteiger partial charge on any atom is 0.282 e. The van der Waals surface area contributed by atoms with Gasteiger partial charge in [-0.1, -0.05) is 66.7 Å². The van der Waals surface area contributed by atoms with Gasteiger partial charge < -0.3 is 4.42 Å². The lowest BCUT2D eigenvalue weighted by molar-refractivity contribution is -0.384. The summed E-state index contributed by atoms with van der Waals surface area (Å²) in [5.74, 6) is 0.803. The number of aromatic nitrogens is 1. The second-order valence-corrected chi connectivity index (χ2v) is 5.75. The average Bonchev–Trinajstić information content (AvgIpc) is 3.19. The Morgan fingerprint density at radius 1 is 0.769 bits per heavy atom. The molecule has 0 spiro atoms. The van der Waals surface area contributed by atoms with Crippen LogP contribution in [0.25, 0.3) is 33.9 Å². The number of benzene rings is 3. The molecule has 0 unspecified atom stereocenters. The zero-order valence-corrected chi connectivity index (χ0v) is 13.7. The zero-order chi connectivity index (χ0) is 17.9. The third-order valence-electron chi connectivity index (χ3n) is 4.11. The van der Waals surface area contributed by atoms with E-state index in [1.54, 1.807) is 24.4 Å². The Morgan fingerprint density at radius 2 is 1.38 bits per heavy atom. The van der Waals surface area contributed by atoms with Gasteiger partial charge >= 0.3 is 0 Å². The van der Waals surface area contributed by atoms with Gasteiger partial charge in [-0.15, -0.1) is 0 Å². The SMILES string of the molecule is O=[N+]([O-])c1ccccc1-c1ncc(-c2ccc(-c3ccccc3)cc2)o1. The monoisotopic (exact) mass is 342 g/mol. The minimum atomic E-state index is -0.437. The van der Waals surface area contributed by atoms with E-state index in [9.17, 15) is 10.1 Å². The maximum absolute atomic E-state index is 11.2. The highest BCUT2D eigenvalue weighted by Crippen LogP contribution is 2.32. The van der Waals surface area contributed by atoms with E-state index in [0.29, 0.717) is 11.3 Å². The van der Waals surface area contributed by atoms with Gasteiger partial charge in [0.15, 0.2) is 5.76 Å². The molecule has 0 radical (unpaired) electrons. The summed E-state index contributed by atoms with van der Waals surface area (Å²) in [6.45, 7) is 0. The van der Waals surface area contributed by atoms with Gasteiger partial charge in [0, 0.05) is 11.6 Å². The lowest BCUT2D eigenvalue weighted by Crippen LogP contribution is -1.91. The third kappa shape index (κ3) is 2.98. The van der Waals surface area contributed by atoms with E-state index >= 15 is 0 Å². The molecular weight excluding hydrogens is 328 g/mol. The van der Waals surface area contributed by atoms with Crippen molar-refractivity contribution in [3.63, 3.8) is 0 Å². The normalized spacial score (nSPS) is 10.6. The van der Waals surface area contributed by atoms with Gasteiger partial charge in [-0.05, 0) is 17.2 Å². The predicted octanol–water partition coefficient (Wildman–Crippen LogP) is 5.58. The summed E-state index contributed by atoms with van der Waals surface area (Å²) in [4.78, 5) is 15.0. The van der Waals surface area contributed by atoms with Crippen LogP contribution in [-0.2, 0) is 0 Å². The molecule has 0 aliphatic rings. The smallest absolute Gasteiger partial charge is 0.282 e. The van der Waals surface area contributed by atoms with Crippen molar-refractivity contribution in [2.24, 2.45) is 0 Å². The number of nitrogens with zero attached hydrogens (tertiary/aromatic N) is 2. The highest BCUT2D eigenvalue weighted by molar-refractivity contribution is 5.70. The quantitative estimate of drug-likeness (QED) is 0.358. The summed E-state index contributed by atoms with van der Waals surface area (Å²) in [5, 5.41) is 11.2. The van der Waals surface area contributed by atoms with Gasteiger partial charge in [0.1, 0.15) is 5.56 Å². The van der Waals surface area contributed by atoms with Crippen LogP contribution in [0.15, 0.2) is 89.5 Å². The molecule has 0 aliphatic heterocycles. The molecule has 5 nitrogen and oxygen atoms in total. The largest absolute Gasteiger partial charge is 0.436 e. The zero-order valence-electron chi connectivity index (χ0n) is 13.7. The summed E-state index contributed by atoms with van der Waals surface area (Å²) < 4.78 is 5.78. The molecule has 3 aromatic carbocycles. The molecule has 0 atom stereocenters. The first-order valence-electron chi connectivity index (χ1n) is 8.08. The van der Waals surface area contributed by atoms with Gasteiger partial charge in [0.25, 0.3) is 5.69 Å². The molecular formula is C21H14N2O3. The fourth-order valence-corrected chi connectivity index (χ4v) is 2.80. The number of rotatable bonds is 4. The second-order valence-electron chi connectivity index (χ2n) is 5.75. The predicted molar refractivity (Wildman–Crippen MR) is 99.5 cm³/mol. The maximum atomic E-state index is 11.2. The van der Waals surface area contributed by atoms with Gasteiger partial charge in [-0.2, -0.15) is 0 Å². The Hall–Kier alpha value is -3.73. The molecule has 1 heterocycles. The molecule has 0 N–H and O–H groups in total. The minimum absolute atomic E-state index is 0.0275. The summed E-state index contributed by atoms with van der Waals surface area (Å²) in [7, 11) is 0. The van der Waals surface area contributed by atoms with Crippen LogP contribution in [0.2, 0.25) is 0 Å². The van der Waals surface area contributed by atoms with Crippen LogP contribution in [-0.4, -0.2) is 9.91 Å². The molecule has 4 rings (SSSR count). The Kier molecular flexibility index (Phi) is 4.03. The lowest BCUT2D eigenvalue weighted by Gasteiger charge is -2.02. The molecule has 0 aliphatic carbocycles. The summed E-state index contributed by atoms with van der Waals surface area (Å²) in [6.07, 6.45) is 1.59. The van der Waals surface area contributed by atoms with Crippen LogP contribution in [0.3, 0.4) is 0 Å². The van der Waals surface area contributed by atoms with Crippen LogP contribution in [0.4, 0.5) is 5.69 Å². The van der Waals surface area contributed by atoms with E-state index < -0.39 is 4.92 Å². The number of nitro benzene ring substituents is 1. The molecule has 1 aromatic heterocycles. The number of hydrogen-bond acceptors (Lipinski definition) is 4. The highest BCUT2D eigenvalue weighted by Gasteiger charge is 2.19. The van der Waals surface area contributed by atoms with E-state index in [-0.39, 0.29) is 11.6 Å². The Morgan fingerprint density at radius 3 is 2.12 bits per heavy atom. The van der Waals surface area contributed by atoms with Crippen molar-refractivity contribution in [2.45, 2.75) is 0 Å². The van der Waals surface area contributed by atoms with Crippen molar-refractivity contribution in [3.05, 3.63) is 95.2 Å². The van der Waals surface area contributed by atoms with Crippen molar-refractivity contribution in [2.75, 3.05) is 0 Å². The van der Waals surface area contributed by atoms with Gasteiger partial charge in [-0.3, -0.25) is 10.1 Å². The van der Waals surface area contributed by atoms with Gasteiger partial charge in [0.2, 0.25) is 5.89 Å². The Bertz CT molecular complexity index is 1050. The molecule has 5 heteroatoms. The first kappa shape index (κ1) is 15.8. The second kappa shape index (κ2) is 6.64. The van der Waals surface area contributed by atoms with E-state index in [2.05, 4.69) is 17.1 Å². The Balaban J connectivity index is 1.66. The molecule has 126 valence electrons. The molecule has 0 bridgehead atoms. The summed E-state index contributed by atoms with van der Waals surface area (Å²) in [5.41, 5.74) is 3.44. The van der Waals surface area contributed by atoms with Crippen molar-refractivity contribution in [1.29, 1.82) is 0 Å². The molecule has 26 heavy (non-hydrogen) atoms. The fraction of sp³-hybridized carbons (Fsp3) is 0. The summed E-state index contributed by atoms with van der Waals surface area (Å²) in [6, 6.07) is 24.4. The van der Waals surface area contributed by atoms with E-state index in [1.165, 1.54) is 6.07 Å². The molecule has 4 aromatic rings. The van der Waals surface area contributed by atoms with Crippen LogP contribution < -0.4 is 0 Å². The average molecular weight is 342 g/mol. The van der Waals surface area contributed by atoms with E-state index in [1.807, 2.05) is 42.5 Å². The number of hydrogen-bond donors (Lipinski definition) is 0. The topological polar surface area (TPSA) is 69.2 Å². The van der Waals surface area contributed by atoms with Crippen LogP contribution in [0, 0.1) is 10.1 Å². The van der Waals surface area contributed by atoms with Crippen LogP contribution >= 0.6 is 0 Å². The van der Waals surface area contributed by atoms with E-state index in [0.717, 1.165) is 16.7 Å². The van der Waals surface area contributed by atoms with Gasteiger partial charge in [0.05, 0.1) is 11.1 Å². The molecule has 0 amide bonds. The minimum Gasteiger partial charge on any atom is -0.436 e. The number of para-hydroxylation sites is 1. The van der Waals surface area contributed by atoms with Crippen molar-refractivity contribution in [3.8, 4) is 33.9 Å².